The molecule has 2 rings (SSSR count). The molecular weight excluding hydrogens is 178 g/mol. The van der Waals surface area contributed by atoms with Crippen LogP contribution in [-0.4, -0.2) is 21.5 Å². The molecule has 0 radical (unpaired) electrons. The van der Waals surface area contributed by atoms with E-state index in [1.165, 1.54) is 11.3 Å². The van der Waals surface area contributed by atoms with Gasteiger partial charge in [0.15, 0.2) is 0 Å². The van der Waals surface area contributed by atoms with Crippen molar-refractivity contribution in [3.63, 3.8) is 0 Å². The van der Waals surface area contributed by atoms with Crippen LogP contribution in [0.15, 0.2) is 0 Å². The largest absolute Gasteiger partial charge is 0.394 e. The van der Waals surface area contributed by atoms with Crippen LogP contribution >= 0.6 is 0 Å². The number of aliphatic hydroxyl groups is 1. The van der Waals surface area contributed by atoms with Crippen molar-refractivity contribution in [3.05, 3.63) is 17.0 Å². The third kappa shape index (κ3) is 1.44. The molecule has 0 spiro atoms. The summed E-state index contributed by atoms with van der Waals surface area (Å²) in [5.41, 5.74) is 9.51. The van der Waals surface area contributed by atoms with Crippen LogP contribution in [0.1, 0.15) is 35.8 Å². The third-order valence-corrected chi connectivity index (χ3v) is 2.89. The predicted octanol–water partition coefficient (Wildman–Crippen LogP) is 0.520. The number of rotatable bonds is 2. The Labute approximate surface area is 83.7 Å². The molecule has 1 aliphatic rings. The highest BCUT2D eigenvalue weighted by Crippen LogP contribution is 2.30. The second-order valence-electron chi connectivity index (χ2n) is 3.89. The van der Waals surface area contributed by atoms with Crippen LogP contribution in [0.4, 0.5) is 0 Å². The zero-order valence-corrected chi connectivity index (χ0v) is 8.53. The average Bonchev–Trinajstić information content (AvgIpc) is 2.46. The summed E-state index contributed by atoms with van der Waals surface area (Å²) in [6.07, 6.45) is 3.23. The van der Waals surface area contributed by atoms with E-state index in [2.05, 4.69) is 5.10 Å². The molecule has 78 valence electrons. The summed E-state index contributed by atoms with van der Waals surface area (Å²) in [5.74, 6) is 0. The molecule has 3 N–H and O–H groups in total. The van der Waals surface area contributed by atoms with Gasteiger partial charge in [-0.05, 0) is 26.2 Å². The molecule has 14 heavy (non-hydrogen) atoms. The monoisotopic (exact) mass is 195 g/mol. The van der Waals surface area contributed by atoms with Crippen LogP contribution in [0, 0.1) is 6.92 Å². The van der Waals surface area contributed by atoms with Crippen LogP contribution in [0.5, 0.6) is 0 Å². The number of aryl methyl sites for hydroxylation is 1. The second kappa shape index (κ2) is 3.71. The fourth-order valence-corrected chi connectivity index (χ4v) is 2.30. The SMILES string of the molecule is Cc1nn(CCO)c2c1C(N)CCC2. The van der Waals surface area contributed by atoms with Crippen molar-refractivity contribution >= 4 is 0 Å². The number of nitrogens with zero attached hydrogens (tertiary/aromatic N) is 2. The molecule has 0 fully saturated rings. The van der Waals surface area contributed by atoms with Gasteiger partial charge in [-0.3, -0.25) is 4.68 Å². The summed E-state index contributed by atoms with van der Waals surface area (Å²) in [4.78, 5) is 0. The molecule has 0 bridgehead atoms. The van der Waals surface area contributed by atoms with Crippen molar-refractivity contribution in [2.45, 2.75) is 38.8 Å². The molecule has 0 saturated carbocycles. The first-order valence-electron chi connectivity index (χ1n) is 5.16. The van der Waals surface area contributed by atoms with Crippen LogP contribution in [0.3, 0.4) is 0 Å². The second-order valence-corrected chi connectivity index (χ2v) is 3.89. The molecular formula is C10H17N3O. The summed E-state index contributed by atoms with van der Waals surface area (Å²) in [7, 11) is 0. The maximum Gasteiger partial charge on any atom is 0.0644 e. The van der Waals surface area contributed by atoms with Gasteiger partial charge in [0.05, 0.1) is 18.8 Å². The Balaban J connectivity index is 2.41. The molecule has 1 aliphatic carbocycles. The highest BCUT2D eigenvalue weighted by atomic mass is 16.3. The van der Waals surface area contributed by atoms with Crippen molar-refractivity contribution < 1.29 is 5.11 Å². The van der Waals surface area contributed by atoms with Gasteiger partial charge in [-0.25, -0.2) is 0 Å². The molecule has 0 saturated heterocycles. The summed E-state index contributed by atoms with van der Waals surface area (Å²) >= 11 is 0. The van der Waals surface area contributed by atoms with E-state index >= 15 is 0 Å². The molecule has 1 atom stereocenters. The topological polar surface area (TPSA) is 64.1 Å². The van der Waals surface area contributed by atoms with Crippen LogP contribution < -0.4 is 5.73 Å². The third-order valence-electron chi connectivity index (χ3n) is 2.89. The summed E-state index contributed by atoms with van der Waals surface area (Å²) in [5, 5.41) is 13.3. The van der Waals surface area contributed by atoms with E-state index in [0.29, 0.717) is 6.54 Å². The number of aliphatic hydroxyl groups excluding tert-OH is 1. The predicted molar refractivity (Wildman–Crippen MR) is 53.9 cm³/mol. The van der Waals surface area contributed by atoms with Gasteiger partial charge in [-0.1, -0.05) is 0 Å². The highest BCUT2D eigenvalue weighted by molar-refractivity contribution is 5.31. The van der Waals surface area contributed by atoms with Gasteiger partial charge in [-0.2, -0.15) is 5.10 Å². The Morgan fingerprint density at radius 3 is 3.14 bits per heavy atom. The van der Waals surface area contributed by atoms with E-state index in [9.17, 15) is 0 Å². The zero-order valence-electron chi connectivity index (χ0n) is 8.53. The van der Waals surface area contributed by atoms with Crippen LogP contribution in [-0.2, 0) is 13.0 Å². The minimum atomic E-state index is 0.142. The van der Waals surface area contributed by atoms with Crippen molar-refractivity contribution in [3.8, 4) is 0 Å². The molecule has 0 aliphatic heterocycles. The lowest BCUT2D eigenvalue weighted by Crippen LogP contribution is -2.19. The van der Waals surface area contributed by atoms with Gasteiger partial charge in [0, 0.05) is 17.3 Å². The lowest BCUT2D eigenvalue weighted by Gasteiger charge is -2.19. The van der Waals surface area contributed by atoms with E-state index in [1.807, 2.05) is 11.6 Å². The number of aromatic nitrogens is 2. The van der Waals surface area contributed by atoms with Crippen molar-refractivity contribution in [2.24, 2.45) is 5.73 Å². The Morgan fingerprint density at radius 2 is 2.43 bits per heavy atom. The van der Waals surface area contributed by atoms with Gasteiger partial charge in [-0.15, -0.1) is 0 Å². The Morgan fingerprint density at radius 1 is 1.64 bits per heavy atom. The number of nitrogens with two attached hydrogens (primary N) is 1. The van der Waals surface area contributed by atoms with E-state index in [-0.39, 0.29) is 12.6 Å². The normalized spacial score (nSPS) is 20.9. The van der Waals surface area contributed by atoms with Gasteiger partial charge < -0.3 is 10.8 Å². The Hall–Kier alpha value is -0.870. The first-order valence-corrected chi connectivity index (χ1v) is 5.16. The zero-order chi connectivity index (χ0) is 10.1. The van der Waals surface area contributed by atoms with E-state index in [0.717, 1.165) is 25.0 Å². The van der Waals surface area contributed by atoms with Crippen molar-refractivity contribution in [2.75, 3.05) is 6.61 Å². The van der Waals surface area contributed by atoms with Crippen LogP contribution in [0.25, 0.3) is 0 Å². The first kappa shape index (κ1) is 9.68. The summed E-state index contributed by atoms with van der Waals surface area (Å²) in [6, 6.07) is 0.145. The molecule has 0 amide bonds. The van der Waals surface area contributed by atoms with Crippen molar-refractivity contribution in [1.82, 2.24) is 9.78 Å². The molecule has 1 heterocycles. The Kier molecular flexibility index (Phi) is 2.56. The number of hydrogen-bond donors (Lipinski definition) is 2. The Bertz CT molecular complexity index is 332. The number of fused-ring (bicyclic) bond motifs is 1. The van der Waals surface area contributed by atoms with E-state index < -0.39 is 0 Å². The van der Waals surface area contributed by atoms with Gasteiger partial charge in [0.25, 0.3) is 0 Å². The van der Waals surface area contributed by atoms with Gasteiger partial charge in [0.1, 0.15) is 0 Å². The quantitative estimate of drug-likeness (QED) is 0.723. The maximum atomic E-state index is 8.90. The fraction of sp³-hybridized carbons (Fsp3) is 0.700. The molecule has 0 aromatic carbocycles. The molecule has 1 unspecified atom stereocenters. The van der Waals surface area contributed by atoms with Crippen LogP contribution in [0.2, 0.25) is 0 Å². The highest BCUT2D eigenvalue weighted by Gasteiger charge is 2.23. The lowest BCUT2D eigenvalue weighted by atomic mass is 9.92. The minimum absolute atomic E-state index is 0.142. The summed E-state index contributed by atoms with van der Waals surface area (Å²) in [6.45, 7) is 2.73. The van der Waals surface area contributed by atoms with Gasteiger partial charge >= 0.3 is 0 Å². The molecule has 4 nitrogen and oxygen atoms in total. The number of hydrogen-bond acceptors (Lipinski definition) is 3. The smallest absolute Gasteiger partial charge is 0.0644 e. The van der Waals surface area contributed by atoms with E-state index in [4.69, 9.17) is 10.8 Å². The van der Waals surface area contributed by atoms with E-state index in [1.54, 1.807) is 0 Å². The average molecular weight is 195 g/mol. The fourth-order valence-electron chi connectivity index (χ4n) is 2.30. The van der Waals surface area contributed by atoms with Gasteiger partial charge in [0.2, 0.25) is 0 Å². The lowest BCUT2D eigenvalue weighted by molar-refractivity contribution is 0.266. The first-order chi connectivity index (χ1) is 6.74. The minimum Gasteiger partial charge on any atom is -0.394 e. The standard InChI is InChI=1S/C10H17N3O/c1-7-10-8(11)3-2-4-9(10)13(12-7)5-6-14/h8,14H,2-6,11H2,1H3. The molecule has 1 aromatic rings. The molecule has 1 aromatic heterocycles. The summed E-state index contributed by atoms with van der Waals surface area (Å²) < 4.78 is 1.91. The maximum absolute atomic E-state index is 8.90. The molecule has 4 heteroatoms. The van der Waals surface area contributed by atoms with Crippen molar-refractivity contribution in [1.29, 1.82) is 0 Å².